The number of halogens is 2. The van der Waals surface area contributed by atoms with Crippen LogP contribution in [-0.4, -0.2) is 47.0 Å². The molecule has 0 aliphatic carbocycles. The van der Waals surface area contributed by atoms with Crippen LogP contribution in [0.4, 0.5) is 32.5 Å². The number of methoxy groups -OCH3 is 2. The number of pyridine rings is 1. The van der Waals surface area contributed by atoms with Crippen molar-refractivity contribution < 1.29 is 33.8 Å². The Bertz CT molecular complexity index is 1400. The Hall–Kier alpha value is -4.29. The van der Waals surface area contributed by atoms with E-state index in [4.69, 9.17) is 37.4 Å². The molecule has 14 heteroatoms. The number of nitrogens with zero attached hydrogens (tertiary/aromatic N) is 4. The van der Waals surface area contributed by atoms with Crippen LogP contribution in [0.15, 0.2) is 48.7 Å². The van der Waals surface area contributed by atoms with E-state index in [-0.39, 0.29) is 45.3 Å². The topological polar surface area (TPSA) is 145 Å². The first-order valence-corrected chi connectivity index (χ1v) is 12.4. The first-order valence-electron chi connectivity index (χ1n) is 11.6. The van der Waals surface area contributed by atoms with Crippen molar-refractivity contribution in [2.45, 2.75) is 32.9 Å². The van der Waals surface area contributed by atoms with Gasteiger partial charge in [0, 0.05) is 18.3 Å². The second-order valence-corrected chi connectivity index (χ2v) is 9.97. The molecule has 0 fully saturated rings. The number of nitro groups is 1. The number of aromatic nitrogens is 1. The molecular weight excluding hydrogens is 567 g/mol. The molecule has 0 unspecified atom stereocenters. The second-order valence-electron chi connectivity index (χ2n) is 9.21. The maximum atomic E-state index is 13.4. The number of anilines is 3. The largest absolute Gasteiger partial charge is 0.495 e. The van der Waals surface area contributed by atoms with Crippen LogP contribution in [0, 0.1) is 10.1 Å². The van der Waals surface area contributed by atoms with E-state index < -0.39 is 28.4 Å². The van der Waals surface area contributed by atoms with E-state index in [2.05, 4.69) is 4.98 Å². The molecule has 0 atom stereocenters. The Morgan fingerprint density at radius 1 is 1.05 bits per heavy atom. The summed E-state index contributed by atoms with van der Waals surface area (Å²) in [6.07, 6.45) is -0.953. The van der Waals surface area contributed by atoms with Crippen molar-refractivity contribution in [3.8, 4) is 11.5 Å². The van der Waals surface area contributed by atoms with Gasteiger partial charge in [0.1, 0.15) is 38.7 Å². The van der Waals surface area contributed by atoms with Crippen molar-refractivity contribution in [1.82, 2.24) is 4.98 Å². The molecule has 0 aliphatic rings. The molecule has 0 saturated carbocycles. The SMILES string of the molecule is COc1cc(OC)c(Cl)c(N(Cc2ccc(N(C(=O)O)c3ccccc3[N+](=O)[O-])nc2)C(=O)OC(C)(C)C)c1Cl. The molecule has 0 saturated heterocycles. The van der Waals surface area contributed by atoms with Crippen molar-refractivity contribution in [3.05, 3.63) is 74.4 Å². The molecule has 12 nitrogen and oxygen atoms in total. The second kappa shape index (κ2) is 12.3. The van der Waals surface area contributed by atoms with Crippen LogP contribution in [0.25, 0.3) is 0 Å². The zero-order valence-corrected chi connectivity index (χ0v) is 23.7. The number of hydrogen-bond acceptors (Lipinski definition) is 8. The number of hydrogen-bond donors (Lipinski definition) is 1. The number of nitro benzene ring substituents is 1. The van der Waals surface area contributed by atoms with E-state index in [0.717, 1.165) is 0 Å². The van der Waals surface area contributed by atoms with Crippen molar-refractivity contribution in [1.29, 1.82) is 0 Å². The standard InChI is InChI=1S/C26H26Cl2N4O8/c1-26(2,3)40-25(35)30(23-21(27)18(38-4)12-19(39-5)22(23)28)14-15-10-11-20(29-13-15)31(24(33)34)16-8-6-7-9-17(16)32(36)37/h6-13H,14H2,1-5H3,(H,33,34). The van der Waals surface area contributed by atoms with Gasteiger partial charge in [-0.05, 0) is 38.5 Å². The minimum absolute atomic E-state index is 0.0252. The van der Waals surface area contributed by atoms with E-state index in [0.29, 0.717) is 10.5 Å². The highest BCUT2D eigenvalue weighted by molar-refractivity contribution is 6.41. The van der Waals surface area contributed by atoms with Gasteiger partial charge in [-0.25, -0.2) is 19.5 Å². The molecule has 2 aromatic carbocycles. The van der Waals surface area contributed by atoms with E-state index >= 15 is 0 Å². The van der Waals surface area contributed by atoms with Crippen LogP contribution >= 0.6 is 23.2 Å². The quantitative estimate of drug-likeness (QED) is 0.214. The van der Waals surface area contributed by atoms with Gasteiger partial charge < -0.3 is 19.3 Å². The van der Waals surface area contributed by atoms with Gasteiger partial charge in [-0.2, -0.15) is 0 Å². The first-order chi connectivity index (χ1) is 18.8. The Balaban J connectivity index is 2.08. The number of carboxylic acid groups (broad SMARTS) is 1. The average Bonchev–Trinajstić information content (AvgIpc) is 2.88. The van der Waals surface area contributed by atoms with Gasteiger partial charge in [0.25, 0.3) is 5.69 Å². The summed E-state index contributed by atoms with van der Waals surface area (Å²) < 4.78 is 16.2. The number of rotatable bonds is 8. The maximum absolute atomic E-state index is 13.4. The van der Waals surface area contributed by atoms with Gasteiger partial charge in [-0.1, -0.05) is 41.4 Å². The lowest BCUT2D eigenvalue weighted by Gasteiger charge is -2.29. The highest BCUT2D eigenvalue weighted by atomic mass is 35.5. The summed E-state index contributed by atoms with van der Waals surface area (Å²) in [4.78, 5) is 42.3. The zero-order chi connectivity index (χ0) is 29.8. The fraction of sp³-hybridized carbons (Fsp3) is 0.269. The van der Waals surface area contributed by atoms with Crippen molar-refractivity contribution in [3.63, 3.8) is 0 Å². The predicted octanol–water partition coefficient (Wildman–Crippen LogP) is 7.07. The van der Waals surface area contributed by atoms with E-state index in [1.165, 1.54) is 67.8 Å². The van der Waals surface area contributed by atoms with Crippen molar-refractivity contribution in [2.75, 3.05) is 24.0 Å². The van der Waals surface area contributed by atoms with Crippen molar-refractivity contribution >= 4 is 58.3 Å². The zero-order valence-electron chi connectivity index (χ0n) is 22.2. The Labute approximate surface area is 239 Å². The van der Waals surface area contributed by atoms with Crippen LogP contribution in [-0.2, 0) is 11.3 Å². The molecule has 1 N–H and O–H groups in total. The van der Waals surface area contributed by atoms with E-state index in [9.17, 15) is 24.8 Å². The molecule has 0 bridgehead atoms. The van der Waals surface area contributed by atoms with Gasteiger partial charge in [-0.15, -0.1) is 0 Å². The molecule has 3 aromatic rings. The summed E-state index contributed by atoms with van der Waals surface area (Å²) >= 11 is 13.1. The third-order valence-electron chi connectivity index (χ3n) is 5.32. The van der Waals surface area contributed by atoms with Crippen LogP contribution in [0.2, 0.25) is 10.0 Å². The maximum Gasteiger partial charge on any atom is 0.417 e. The molecule has 2 amide bonds. The molecule has 3 rings (SSSR count). The molecule has 0 spiro atoms. The number of amides is 2. The monoisotopic (exact) mass is 592 g/mol. The molecule has 1 heterocycles. The van der Waals surface area contributed by atoms with E-state index in [1.807, 2.05) is 0 Å². The van der Waals surface area contributed by atoms with E-state index in [1.54, 1.807) is 20.8 Å². The Kier molecular flexibility index (Phi) is 9.28. The molecule has 212 valence electrons. The summed E-state index contributed by atoms with van der Waals surface area (Å²) in [5.41, 5.74) is -0.978. The number of para-hydroxylation sites is 2. The third-order valence-corrected chi connectivity index (χ3v) is 6.05. The first kappa shape index (κ1) is 30.3. The number of benzene rings is 2. The lowest BCUT2D eigenvalue weighted by molar-refractivity contribution is -0.384. The van der Waals surface area contributed by atoms with Gasteiger partial charge >= 0.3 is 12.2 Å². The number of carbonyl (C=O) groups excluding carboxylic acids is 1. The molecule has 0 aliphatic heterocycles. The lowest BCUT2D eigenvalue weighted by atomic mass is 10.2. The summed E-state index contributed by atoms with van der Waals surface area (Å²) in [5.74, 6) is 0.288. The number of carbonyl (C=O) groups is 2. The minimum atomic E-state index is -1.48. The number of ether oxygens (including phenoxy) is 3. The fourth-order valence-corrected chi connectivity index (χ4v) is 4.32. The van der Waals surface area contributed by atoms with Crippen LogP contribution in [0.5, 0.6) is 11.5 Å². The highest BCUT2D eigenvalue weighted by Gasteiger charge is 2.31. The summed E-state index contributed by atoms with van der Waals surface area (Å²) in [5, 5.41) is 21.4. The van der Waals surface area contributed by atoms with Gasteiger partial charge in [0.2, 0.25) is 0 Å². The van der Waals surface area contributed by atoms with Crippen molar-refractivity contribution in [2.24, 2.45) is 0 Å². The predicted molar refractivity (Wildman–Crippen MR) is 149 cm³/mol. The molecule has 1 aromatic heterocycles. The summed E-state index contributed by atoms with van der Waals surface area (Å²) in [6, 6.07) is 9.71. The van der Waals surface area contributed by atoms with Gasteiger partial charge in [-0.3, -0.25) is 15.0 Å². The molecular formula is C26H26Cl2N4O8. The minimum Gasteiger partial charge on any atom is -0.495 e. The molecule has 40 heavy (non-hydrogen) atoms. The molecule has 0 radical (unpaired) electrons. The van der Waals surface area contributed by atoms with Crippen LogP contribution < -0.4 is 19.3 Å². The fourth-order valence-electron chi connectivity index (χ4n) is 3.62. The van der Waals surface area contributed by atoms with Gasteiger partial charge in [0.15, 0.2) is 0 Å². The Morgan fingerprint density at radius 3 is 2.12 bits per heavy atom. The normalized spacial score (nSPS) is 11.0. The van der Waals surface area contributed by atoms with Crippen LogP contribution in [0.3, 0.4) is 0 Å². The lowest BCUT2D eigenvalue weighted by Crippen LogP contribution is -2.37. The smallest absolute Gasteiger partial charge is 0.417 e. The Morgan fingerprint density at radius 2 is 1.65 bits per heavy atom. The third kappa shape index (κ3) is 6.64. The van der Waals surface area contributed by atoms with Crippen LogP contribution in [0.1, 0.15) is 26.3 Å². The average molecular weight is 593 g/mol. The summed E-state index contributed by atoms with van der Waals surface area (Å²) in [7, 11) is 2.79. The highest BCUT2D eigenvalue weighted by Crippen LogP contribution is 2.47. The summed E-state index contributed by atoms with van der Waals surface area (Å²) in [6.45, 7) is 4.92. The van der Waals surface area contributed by atoms with Gasteiger partial charge in [0.05, 0.1) is 31.4 Å².